The highest BCUT2D eigenvalue weighted by molar-refractivity contribution is 7.98. The van der Waals surface area contributed by atoms with Crippen molar-refractivity contribution in [1.82, 2.24) is 5.32 Å². The average molecular weight is 241 g/mol. The highest BCUT2D eigenvalue weighted by Gasteiger charge is 2.17. The average Bonchev–Trinajstić information content (AvgIpc) is 2.22. The van der Waals surface area contributed by atoms with Crippen molar-refractivity contribution in [2.24, 2.45) is 11.8 Å². The van der Waals surface area contributed by atoms with Crippen LogP contribution in [0, 0.1) is 11.8 Å². The third-order valence-corrected chi connectivity index (χ3v) is 3.97. The Morgan fingerprint density at radius 2 is 2.25 bits per heavy atom. The summed E-state index contributed by atoms with van der Waals surface area (Å²) < 4.78 is 0. The minimum atomic E-state index is 0.789. The van der Waals surface area contributed by atoms with Crippen molar-refractivity contribution in [2.45, 2.75) is 39.5 Å². The number of thioether (sulfide) groups is 1. The second-order valence-electron chi connectivity index (χ2n) is 5.20. The van der Waals surface area contributed by atoms with E-state index in [0.29, 0.717) is 0 Å². The predicted molar refractivity (Wildman–Crippen MR) is 76.1 cm³/mol. The maximum absolute atomic E-state index is 3.62. The van der Waals surface area contributed by atoms with Gasteiger partial charge in [-0.3, -0.25) is 0 Å². The lowest BCUT2D eigenvalue weighted by molar-refractivity contribution is 0.381. The van der Waals surface area contributed by atoms with E-state index < -0.39 is 0 Å². The fourth-order valence-electron chi connectivity index (χ4n) is 2.64. The number of hydrogen-bond donors (Lipinski definition) is 1. The van der Waals surface area contributed by atoms with Gasteiger partial charge in [-0.25, -0.2) is 0 Å². The lowest BCUT2D eigenvalue weighted by Gasteiger charge is -2.25. The van der Waals surface area contributed by atoms with Gasteiger partial charge in [-0.1, -0.05) is 18.6 Å². The summed E-state index contributed by atoms with van der Waals surface area (Å²) in [5, 5.41) is 3.62. The molecule has 0 radical (unpaired) electrons. The predicted octanol–water partition coefficient (Wildman–Crippen LogP) is 3.71. The Bertz CT molecular complexity index is 213. The lowest BCUT2D eigenvalue weighted by Crippen LogP contribution is -2.27. The Hall–Kier alpha value is 0.0500. The van der Waals surface area contributed by atoms with Crippen LogP contribution in [0.4, 0.5) is 0 Å². The smallest absolute Gasteiger partial charge is 0.00172 e. The normalized spacial score (nSPS) is 25.6. The molecule has 1 nitrogen and oxygen atoms in total. The number of allylic oxidation sites excluding steroid dienone is 2. The zero-order valence-electron chi connectivity index (χ0n) is 11.1. The number of rotatable bonds is 7. The number of unbranched alkanes of at least 4 members (excludes halogenated alkanes) is 1. The summed E-state index contributed by atoms with van der Waals surface area (Å²) in [4.78, 5) is 0. The van der Waals surface area contributed by atoms with Gasteiger partial charge in [0.25, 0.3) is 0 Å². The molecular formula is C14H27NS. The van der Waals surface area contributed by atoms with Crippen LogP contribution in [0.2, 0.25) is 0 Å². The number of hydrogen-bond acceptors (Lipinski definition) is 2. The summed E-state index contributed by atoms with van der Waals surface area (Å²) in [6.45, 7) is 7.04. The molecule has 1 aliphatic carbocycles. The Morgan fingerprint density at radius 3 is 2.94 bits per heavy atom. The van der Waals surface area contributed by atoms with Crippen LogP contribution in [0.5, 0.6) is 0 Å². The van der Waals surface area contributed by atoms with E-state index in [9.17, 15) is 0 Å². The fourth-order valence-corrected chi connectivity index (χ4v) is 3.14. The van der Waals surface area contributed by atoms with Gasteiger partial charge in [-0.2, -0.15) is 11.8 Å². The van der Waals surface area contributed by atoms with Gasteiger partial charge in [-0.15, -0.1) is 0 Å². The molecule has 2 heteroatoms. The van der Waals surface area contributed by atoms with Crippen LogP contribution >= 0.6 is 11.8 Å². The van der Waals surface area contributed by atoms with Gasteiger partial charge in [0.1, 0.15) is 0 Å². The molecule has 0 fully saturated rings. The van der Waals surface area contributed by atoms with E-state index in [1.54, 1.807) is 5.57 Å². The molecule has 0 saturated carbocycles. The van der Waals surface area contributed by atoms with Crippen molar-refractivity contribution in [1.29, 1.82) is 0 Å². The maximum atomic E-state index is 3.62. The number of nitrogens with one attached hydrogen (secondary N) is 1. The van der Waals surface area contributed by atoms with Gasteiger partial charge in [0.2, 0.25) is 0 Å². The SMILES string of the molecule is CSCCCCNCC1CC(C)=CC(C)C1. The Morgan fingerprint density at radius 1 is 1.44 bits per heavy atom. The molecule has 0 aliphatic heterocycles. The molecular weight excluding hydrogens is 214 g/mol. The van der Waals surface area contributed by atoms with Crippen LogP contribution < -0.4 is 5.32 Å². The van der Waals surface area contributed by atoms with E-state index in [1.165, 1.54) is 44.5 Å². The topological polar surface area (TPSA) is 12.0 Å². The molecule has 2 unspecified atom stereocenters. The lowest BCUT2D eigenvalue weighted by atomic mass is 9.84. The third kappa shape index (κ3) is 5.95. The Balaban J connectivity index is 2.03. The van der Waals surface area contributed by atoms with Gasteiger partial charge in [0.05, 0.1) is 0 Å². The van der Waals surface area contributed by atoms with Crippen molar-refractivity contribution in [2.75, 3.05) is 25.1 Å². The minimum Gasteiger partial charge on any atom is -0.316 e. The van der Waals surface area contributed by atoms with Gasteiger partial charge in [0, 0.05) is 0 Å². The van der Waals surface area contributed by atoms with E-state index in [0.717, 1.165) is 11.8 Å². The van der Waals surface area contributed by atoms with Crippen molar-refractivity contribution < 1.29 is 0 Å². The second kappa shape index (κ2) is 8.19. The van der Waals surface area contributed by atoms with Gasteiger partial charge >= 0.3 is 0 Å². The van der Waals surface area contributed by atoms with Gasteiger partial charge < -0.3 is 5.32 Å². The van der Waals surface area contributed by atoms with Crippen LogP contribution in [-0.2, 0) is 0 Å². The quantitative estimate of drug-likeness (QED) is 0.538. The van der Waals surface area contributed by atoms with Gasteiger partial charge in [-0.05, 0) is 69.5 Å². The first-order chi connectivity index (χ1) is 7.72. The van der Waals surface area contributed by atoms with Crippen LogP contribution in [0.25, 0.3) is 0 Å². The summed E-state index contributed by atoms with van der Waals surface area (Å²) in [6.07, 6.45) is 9.99. The molecule has 0 aromatic rings. The zero-order chi connectivity index (χ0) is 11.8. The summed E-state index contributed by atoms with van der Waals surface area (Å²) in [6, 6.07) is 0. The molecule has 0 saturated heterocycles. The van der Waals surface area contributed by atoms with Crippen LogP contribution in [0.15, 0.2) is 11.6 Å². The zero-order valence-corrected chi connectivity index (χ0v) is 11.9. The Labute approximate surface area is 105 Å². The summed E-state index contributed by atoms with van der Waals surface area (Å²) in [7, 11) is 0. The summed E-state index contributed by atoms with van der Waals surface area (Å²) >= 11 is 1.95. The maximum Gasteiger partial charge on any atom is -0.00172 e. The highest BCUT2D eigenvalue weighted by atomic mass is 32.2. The molecule has 0 amide bonds. The first-order valence-corrected chi connectivity index (χ1v) is 7.98. The molecule has 16 heavy (non-hydrogen) atoms. The van der Waals surface area contributed by atoms with Crippen LogP contribution in [0.3, 0.4) is 0 Å². The molecule has 2 atom stereocenters. The molecule has 1 aliphatic rings. The summed E-state index contributed by atoms with van der Waals surface area (Å²) in [5.41, 5.74) is 1.59. The molecule has 1 rings (SSSR count). The van der Waals surface area contributed by atoms with Crippen molar-refractivity contribution in [3.63, 3.8) is 0 Å². The molecule has 0 heterocycles. The largest absolute Gasteiger partial charge is 0.316 e. The monoisotopic (exact) mass is 241 g/mol. The molecule has 0 aromatic carbocycles. The third-order valence-electron chi connectivity index (χ3n) is 3.27. The molecule has 0 spiro atoms. The Kier molecular flexibility index (Phi) is 7.22. The van der Waals surface area contributed by atoms with E-state index >= 15 is 0 Å². The van der Waals surface area contributed by atoms with Crippen molar-refractivity contribution >= 4 is 11.8 Å². The van der Waals surface area contributed by atoms with E-state index in [2.05, 4.69) is 31.5 Å². The van der Waals surface area contributed by atoms with E-state index in [4.69, 9.17) is 0 Å². The minimum absolute atomic E-state index is 0.789. The fraction of sp³-hybridized carbons (Fsp3) is 0.857. The van der Waals surface area contributed by atoms with Crippen molar-refractivity contribution in [3.8, 4) is 0 Å². The van der Waals surface area contributed by atoms with Crippen molar-refractivity contribution in [3.05, 3.63) is 11.6 Å². The van der Waals surface area contributed by atoms with Gasteiger partial charge in [0.15, 0.2) is 0 Å². The molecule has 94 valence electrons. The van der Waals surface area contributed by atoms with E-state index in [-0.39, 0.29) is 0 Å². The van der Waals surface area contributed by atoms with Crippen LogP contribution in [0.1, 0.15) is 39.5 Å². The standard InChI is InChI=1S/C14H27NS/c1-12-8-13(2)10-14(9-12)11-15-6-4-5-7-16-3/h8,12,14-15H,4-7,9-11H2,1-3H3. The second-order valence-corrected chi connectivity index (χ2v) is 6.19. The molecule has 1 N–H and O–H groups in total. The van der Waals surface area contributed by atoms with Crippen LogP contribution in [-0.4, -0.2) is 25.1 Å². The first-order valence-electron chi connectivity index (χ1n) is 6.59. The highest BCUT2D eigenvalue weighted by Crippen LogP contribution is 2.27. The molecule has 0 bridgehead atoms. The summed E-state index contributed by atoms with van der Waals surface area (Å²) in [5.74, 6) is 2.97. The molecule has 0 aromatic heterocycles. The van der Waals surface area contributed by atoms with E-state index in [1.807, 2.05) is 11.8 Å². The first kappa shape index (κ1) is 14.1.